The fraction of sp³-hybridized carbons (Fsp3) is 0.185. The molecule has 0 unspecified atom stereocenters. The molecule has 1 aliphatic rings. The minimum atomic E-state index is -3.04. The van der Waals surface area contributed by atoms with Gasteiger partial charge in [0.15, 0.2) is 5.69 Å². The van der Waals surface area contributed by atoms with E-state index in [1.165, 1.54) is 0 Å². The summed E-state index contributed by atoms with van der Waals surface area (Å²) in [6.45, 7) is -1.10. The molecular weight excluding hydrogens is 494 g/mol. The van der Waals surface area contributed by atoms with E-state index in [0.717, 1.165) is 47.4 Å². The van der Waals surface area contributed by atoms with E-state index in [-0.39, 0.29) is 23.3 Å². The van der Waals surface area contributed by atoms with Crippen LogP contribution in [-0.4, -0.2) is 38.6 Å². The first-order valence-electron chi connectivity index (χ1n) is 11.8. The Bertz CT molecular complexity index is 1510. The van der Waals surface area contributed by atoms with Gasteiger partial charge in [-0.15, -0.1) is 5.10 Å². The summed E-state index contributed by atoms with van der Waals surface area (Å²) < 4.78 is 29.3. The molecule has 4 aromatic rings. The maximum atomic E-state index is 12.7. The minimum Gasteiger partial charge on any atom is -0.433 e. The zero-order valence-corrected chi connectivity index (χ0v) is 20.2. The van der Waals surface area contributed by atoms with E-state index in [9.17, 15) is 18.4 Å². The molecule has 3 aromatic heterocycles. The summed E-state index contributed by atoms with van der Waals surface area (Å²) in [5.41, 5.74) is 4.45. The Morgan fingerprint density at radius 1 is 0.974 bits per heavy atom. The molecule has 192 valence electrons. The highest BCUT2D eigenvalue weighted by atomic mass is 19.3. The molecule has 1 fully saturated rings. The Labute approximate surface area is 216 Å². The van der Waals surface area contributed by atoms with Crippen molar-refractivity contribution in [2.24, 2.45) is 5.92 Å². The van der Waals surface area contributed by atoms with Crippen LogP contribution in [0.1, 0.15) is 28.9 Å². The molecule has 1 saturated carbocycles. The van der Waals surface area contributed by atoms with Crippen LogP contribution in [0.25, 0.3) is 22.4 Å². The van der Waals surface area contributed by atoms with Crippen molar-refractivity contribution in [2.45, 2.75) is 26.4 Å². The second-order valence-electron chi connectivity index (χ2n) is 8.76. The predicted octanol–water partition coefficient (Wildman–Crippen LogP) is 5.11. The van der Waals surface area contributed by atoms with Gasteiger partial charge in [-0.25, -0.2) is 4.98 Å². The van der Waals surface area contributed by atoms with Gasteiger partial charge in [0.2, 0.25) is 5.91 Å². The van der Waals surface area contributed by atoms with E-state index >= 15 is 0 Å². The van der Waals surface area contributed by atoms with Gasteiger partial charge in [-0.2, -0.15) is 13.9 Å². The van der Waals surface area contributed by atoms with E-state index < -0.39 is 12.5 Å². The van der Waals surface area contributed by atoms with E-state index in [4.69, 9.17) is 0 Å². The number of halogens is 2. The number of aromatic nitrogens is 4. The molecule has 0 spiro atoms. The van der Waals surface area contributed by atoms with Crippen molar-refractivity contribution < 1.29 is 23.1 Å². The predicted molar refractivity (Wildman–Crippen MR) is 136 cm³/mol. The van der Waals surface area contributed by atoms with Gasteiger partial charge in [-0.3, -0.25) is 14.6 Å². The summed E-state index contributed by atoms with van der Waals surface area (Å²) in [6, 6.07) is 13.8. The molecule has 1 aromatic carbocycles. The number of nitrogens with one attached hydrogen (secondary N) is 2. The minimum absolute atomic E-state index is 0.0231. The van der Waals surface area contributed by atoms with E-state index in [2.05, 4.69) is 35.5 Å². The molecule has 1 aliphatic carbocycles. The van der Waals surface area contributed by atoms with E-state index in [1.807, 2.05) is 31.2 Å². The highest BCUT2D eigenvalue weighted by Gasteiger charge is 2.29. The van der Waals surface area contributed by atoms with Gasteiger partial charge in [-0.05, 0) is 72.9 Å². The topological polar surface area (TPSA) is 119 Å². The summed E-state index contributed by atoms with van der Waals surface area (Å²) >= 11 is 0. The number of pyridine rings is 2. The van der Waals surface area contributed by atoms with Gasteiger partial charge < -0.3 is 15.4 Å². The van der Waals surface area contributed by atoms with Crippen LogP contribution >= 0.6 is 0 Å². The Balaban J connectivity index is 1.37. The lowest BCUT2D eigenvalue weighted by Crippen LogP contribution is -2.15. The van der Waals surface area contributed by atoms with Crippen molar-refractivity contribution in [3.05, 3.63) is 78.4 Å². The summed E-state index contributed by atoms with van der Waals surface area (Å²) in [4.78, 5) is 33.5. The monoisotopic (exact) mass is 516 g/mol. The van der Waals surface area contributed by atoms with Gasteiger partial charge >= 0.3 is 6.61 Å². The average Bonchev–Trinajstić information content (AvgIpc) is 3.76. The molecule has 0 aliphatic heterocycles. The number of alkyl halides is 2. The molecule has 0 atom stereocenters. The first-order chi connectivity index (χ1) is 18.4. The van der Waals surface area contributed by atoms with Crippen LogP contribution in [0.15, 0.2) is 67.1 Å². The van der Waals surface area contributed by atoms with E-state index in [0.29, 0.717) is 17.2 Å². The number of carbonyl (C=O) groups excluding carboxylic acids is 2. The SMILES string of the molecule is Cc1ccc(NC(=O)c2cc(OC(F)F)cnn2)cc1-c1ccnc(-c2ccnc(NC(=O)C3CC3)c2)c1. The lowest BCUT2D eigenvalue weighted by molar-refractivity contribution is -0.117. The van der Waals surface area contributed by atoms with Crippen molar-refractivity contribution in [3.63, 3.8) is 0 Å². The number of rotatable bonds is 8. The van der Waals surface area contributed by atoms with Crippen molar-refractivity contribution >= 4 is 23.3 Å². The number of anilines is 2. The molecule has 11 heteroatoms. The lowest BCUT2D eigenvalue weighted by Gasteiger charge is -2.12. The lowest BCUT2D eigenvalue weighted by atomic mass is 9.99. The highest BCUT2D eigenvalue weighted by molar-refractivity contribution is 6.03. The summed E-state index contributed by atoms with van der Waals surface area (Å²) in [6.07, 6.45) is 6.11. The molecule has 3 heterocycles. The van der Waals surface area contributed by atoms with E-state index in [1.54, 1.807) is 30.6 Å². The Morgan fingerprint density at radius 2 is 1.76 bits per heavy atom. The van der Waals surface area contributed by atoms with Crippen LogP contribution in [0.5, 0.6) is 5.75 Å². The van der Waals surface area contributed by atoms with Crippen LogP contribution in [-0.2, 0) is 4.79 Å². The zero-order valence-electron chi connectivity index (χ0n) is 20.2. The second-order valence-corrected chi connectivity index (χ2v) is 8.76. The van der Waals surface area contributed by atoms with Crippen molar-refractivity contribution in [1.29, 1.82) is 0 Å². The normalized spacial score (nSPS) is 12.7. The summed E-state index contributed by atoms with van der Waals surface area (Å²) in [5.74, 6) is -0.372. The quantitative estimate of drug-likeness (QED) is 0.334. The molecule has 2 N–H and O–H groups in total. The fourth-order valence-corrected chi connectivity index (χ4v) is 3.82. The molecular formula is C27H22F2N6O3. The number of nitrogens with zero attached hydrogens (tertiary/aromatic N) is 4. The Morgan fingerprint density at radius 3 is 2.55 bits per heavy atom. The molecule has 0 bridgehead atoms. The Hall–Kier alpha value is -4.80. The van der Waals surface area contributed by atoms with Gasteiger partial charge in [0.25, 0.3) is 5.91 Å². The number of hydrogen-bond donors (Lipinski definition) is 2. The standard InChI is InChI=1S/C27H22F2N6O3/c1-15-2-5-19(33-26(37)23-13-20(14-32-35-23)38-27(28)29)12-21(15)17-6-8-30-22(10-17)18-7-9-31-24(11-18)34-25(36)16-3-4-16/h2,5-14,16,27H,3-4H2,1H3,(H,33,37)(H,31,34,36). The molecule has 38 heavy (non-hydrogen) atoms. The van der Waals surface area contributed by atoms with Crippen molar-refractivity contribution in [1.82, 2.24) is 20.2 Å². The number of aryl methyl sites for hydroxylation is 1. The second kappa shape index (κ2) is 10.7. The van der Waals surface area contributed by atoms with Gasteiger partial charge in [0, 0.05) is 35.6 Å². The molecule has 5 rings (SSSR count). The first kappa shape index (κ1) is 24.9. The number of amides is 2. The van der Waals surface area contributed by atoms with Crippen LogP contribution < -0.4 is 15.4 Å². The van der Waals surface area contributed by atoms with Crippen molar-refractivity contribution in [3.8, 4) is 28.1 Å². The molecule has 0 radical (unpaired) electrons. The van der Waals surface area contributed by atoms with Crippen LogP contribution in [0, 0.1) is 12.8 Å². The van der Waals surface area contributed by atoms with Crippen LogP contribution in [0.2, 0.25) is 0 Å². The fourth-order valence-electron chi connectivity index (χ4n) is 3.82. The maximum absolute atomic E-state index is 12.7. The maximum Gasteiger partial charge on any atom is 0.387 e. The van der Waals surface area contributed by atoms with Crippen LogP contribution in [0.4, 0.5) is 20.3 Å². The Kier molecular flexibility index (Phi) is 6.98. The highest BCUT2D eigenvalue weighted by Crippen LogP contribution is 2.32. The average molecular weight is 517 g/mol. The van der Waals surface area contributed by atoms with Gasteiger partial charge in [0.1, 0.15) is 11.6 Å². The largest absolute Gasteiger partial charge is 0.433 e. The smallest absolute Gasteiger partial charge is 0.387 e. The van der Waals surface area contributed by atoms with Gasteiger partial charge in [0.05, 0.1) is 11.9 Å². The third-order valence-corrected chi connectivity index (χ3v) is 5.91. The summed E-state index contributed by atoms with van der Waals surface area (Å²) in [7, 11) is 0. The third-order valence-electron chi connectivity index (χ3n) is 5.91. The number of carbonyl (C=O) groups is 2. The van der Waals surface area contributed by atoms with Gasteiger partial charge in [-0.1, -0.05) is 6.07 Å². The third kappa shape index (κ3) is 5.94. The molecule has 0 saturated heterocycles. The van der Waals surface area contributed by atoms with Crippen LogP contribution in [0.3, 0.4) is 0 Å². The molecule has 2 amide bonds. The zero-order chi connectivity index (χ0) is 26.6. The summed E-state index contributed by atoms with van der Waals surface area (Å²) in [5, 5.41) is 12.8. The number of hydrogen-bond acceptors (Lipinski definition) is 7. The number of benzene rings is 1. The van der Waals surface area contributed by atoms with Crippen molar-refractivity contribution in [2.75, 3.05) is 10.6 Å². The first-order valence-corrected chi connectivity index (χ1v) is 11.8. The molecule has 9 nitrogen and oxygen atoms in total. The number of ether oxygens (including phenoxy) is 1.